The van der Waals surface area contributed by atoms with Crippen molar-refractivity contribution in [2.45, 2.75) is 70.8 Å². The van der Waals surface area contributed by atoms with Crippen LogP contribution in [-0.4, -0.2) is 24.0 Å². The number of nitrogens with one attached hydrogen (secondary N) is 1. The average Bonchev–Trinajstić information content (AvgIpc) is 3.04. The van der Waals surface area contributed by atoms with E-state index in [0.717, 1.165) is 38.5 Å². The number of rotatable bonds is 7. The Morgan fingerprint density at radius 1 is 1.32 bits per heavy atom. The molecule has 1 fully saturated rings. The van der Waals surface area contributed by atoms with Gasteiger partial charge in [0.05, 0.1) is 6.07 Å². The largest absolute Gasteiger partial charge is 0.451 e. The maximum Gasteiger partial charge on any atom is 0.348 e. The van der Waals surface area contributed by atoms with Gasteiger partial charge in [-0.15, -0.1) is 11.3 Å². The summed E-state index contributed by atoms with van der Waals surface area (Å²) in [4.78, 5) is 26.1. The summed E-state index contributed by atoms with van der Waals surface area (Å²) < 4.78 is 5.16. The molecule has 5 nitrogen and oxygen atoms in total. The third kappa shape index (κ3) is 5.05. The minimum absolute atomic E-state index is 0.343. The van der Waals surface area contributed by atoms with Gasteiger partial charge in [-0.3, -0.25) is 4.79 Å². The van der Waals surface area contributed by atoms with Crippen LogP contribution in [0.4, 0.5) is 0 Å². The molecule has 2 rings (SSSR count). The van der Waals surface area contributed by atoms with E-state index in [1.54, 1.807) is 0 Å². The van der Waals surface area contributed by atoms with Gasteiger partial charge in [0, 0.05) is 4.88 Å². The maximum atomic E-state index is 12.2. The first kappa shape index (κ1) is 19.5. The second-order valence-corrected chi connectivity index (χ2v) is 7.68. The molecule has 0 bridgehead atoms. The molecule has 0 unspecified atom stereocenters. The Kier molecular flexibility index (Phi) is 7.01. The minimum atomic E-state index is -0.797. The van der Waals surface area contributed by atoms with Crippen LogP contribution in [0.2, 0.25) is 0 Å². The number of aryl methyl sites for hydroxylation is 2. The van der Waals surface area contributed by atoms with Gasteiger partial charge >= 0.3 is 5.97 Å². The van der Waals surface area contributed by atoms with E-state index in [1.807, 2.05) is 6.07 Å². The van der Waals surface area contributed by atoms with Crippen LogP contribution in [0.1, 0.15) is 72.5 Å². The van der Waals surface area contributed by atoms with Crippen LogP contribution in [-0.2, 0) is 22.4 Å². The van der Waals surface area contributed by atoms with Crippen molar-refractivity contribution in [3.05, 3.63) is 21.4 Å². The first-order chi connectivity index (χ1) is 12.0. The van der Waals surface area contributed by atoms with E-state index in [0.29, 0.717) is 17.7 Å². The number of thiophene rings is 1. The molecule has 6 heteroatoms. The molecule has 1 aliphatic rings. The molecule has 0 radical (unpaired) electrons. The summed E-state index contributed by atoms with van der Waals surface area (Å²) in [5, 5.41) is 12.1. The highest BCUT2D eigenvalue weighted by atomic mass is 32.1. The van der Waals surface area contributed by atoms with Gasteiger partial charge in [0.1, 0.15) is 10.4 Å². The van der Waals surface area contributed by atoms with E-state index in [-0.39, 0.29) is 6.61 Å². The number of ether oxygens (including phenoxy) is 1. The number of esters is 1. The van der Waals surface area contributed by atoms with E-state index in [2.05, 4.69) is 25.2 Å². The minimum Gasteiger partial charge on any atom is -0.451 e. The molecule has 1 aromatic rings. The summed E-state index contributed by atoms with van der Waals surface area (Å²) in [6.07, 6.45) is 7.14. The predicted molar refractivity (Wildman–Crippen MR) is 97.5 cm³/mol. The fourth-order valence-corrected chi connectivity index (χ4v) is 4.48. The number of hydrogen-bond acceptors (Lipinski definition) is 5. The highest BCUT2D eigenvalue weighted by Crippen LogP contribution is 2.28. The average molecular weight is 362 g/mol. The number of nitriles is 1. The van der Waals surface area contributed by atoms with Crippen LogP contribution in [0, 0.1) is 11.3 Å². The normalized spacial score (nSPS) is 16.0. The Labute approximate surface area is 153 Å². The molecule has 0 saturated heterocycles. The lowest BCUT2D eigenvalue weighted by Crippen LogP contribution is -2.50. The van der Waals surface area contributed by atoms with Gasteiger partial charge < -0.3 is 10.1 Å². The summed E-state index contributed by atoms with van der Waals surface area (Å²) in [5.41, 5.74) is 0.378. The van der Waals surface area contributed by atoms with Gasteiger partial charge in [-0.2, -0.15) is 5.26 Å². The SMILES string of the molecule is CCCc1sc(C(=O)OCC(=O)NC2(C#N)CCCCC2)cc1CC. The van der Waals surface area contributed by atoms with Crippen molar-refractivity contribution in [3.63, 3.8) is 0 Å². The zero-order chi connectivity index (χ0) is 18.3. The van der Waals surface area contributed by atoms with Crippen LogP contribution in [0.25, 0.3) is 0 Å². The van der Waals surface area contributed by atoms with Crippen molar-refractivity contribution >= 4 is 23.2 Å². The third-order valence-corrected chi connectivity index (χ3v) is 5.81. The molecule has 0 atom stereocenters. The fourth-order valence-electron chi connectivity index (χ4n) is 3.23. The zero-order valence-corrected chi connectivity index (χ0v) is 15.8. The first-order valence-corrected chi connectivity index (χ1v) is 9.86. The molecule has 1 aliphatic carbocycles. The van der Waals surface area contributed by atoms with Gasteiger partial charge in [0.2, 0.25) is 0 Å². The molecule has 136 valence electrons. The molecule has 0 spiro atoms. The molecule has 0 aromatic carbocycles. The monoisotopic (exact) mass is 362 g/mol. The Bertz CT molecular complexity index is 654. The summed E-state index contributed by atoms with van der Waals surface area (Å²) >= 11 is 1.45. The topological polar surface area (TPSA) is 79.2 Å². The van der Waals surface area contributed by atoms with Crippen molar-refractivity contribution in [2.24, 2.45) is 0 Å². The molecular weight excluding hydrogens is 336 g/mol. The zero-order valence-electron chi connectivity index (χ0n) is 15.0. The highest BCUT2D eigenvalue weighted by molar-refractivity contribution is 7.14. The molecule has 0 aliphatic heterocycles. The number of hydrogen-bond donors (Lipinski definition) is 1. The van der Waals surface area contributed by atoms with Gasteiger partial charge in [0.25, 0.3) is 5.91 Å². The molecular formula is C19H26N2O3S. The van der Waals surface area contributed by atoms with Crippen LogP contribution >= 0.6 is 11.3 Å². The molecule has 1 N–H and O–H groups in total. The molecule has 1 aromatic heterocycles. The Balaban J connectivity index is 1.91. The summed E-state index contributed by atoms with van der Waals surface area (Å²) in [6, 6.07) is 4.10. The van der Waals surface area contributed by atoms with Crippen molar-refractivity contribution < 1.29 is 14.3 Å². The number of amides is 1. The van der Waals surface area contributed by atoms with Crippen molar-refractivity contribution in [1.82, 2.24) is 5.32 Å². The van der Waals surface area contributed by atoms with Crippen molar-refractivity contribution in [3.8, 4) is 6.07 Å². The summed E-state index contributed by atoms with van der Waals surface area (Å²) in [5.74, 6) is -0.871. The Hall–Kier alpha value is -1.87. The summed E-state index contributed by atoms with van der Waals surface area (Å²) in [7, 11) is 0. The summed E-state index contributed by atoms with van der Waals surface area (Å²) in [6.45, 7) is 3.83. The first-order valence-electron chi connectivity index (χ1n) is 9.04. The van der Waals surface area contributed by atoms with Crippen LogP contribution in [0.15, 0.2) is 6.07 Å². The Morgan fingerprint density at radius 2 is 2.04 bits per heavy atom. The predicted octanol–water partition coefficient (Wildman–Crippen LogP) is 3.76. The quantitative estimate of drug-likeness (QED) is 0.749. The number of nitrogens with zero attached hydrogens (tertiary/aromatic N) is 1. The van der Waals surface area contributed by atoms with E-state index in [9.17, 15) is 14.9 Å². The van der Waals surface area contributed by atoms with Crippen LogP contribution < -0.4 is 5.32 Å². The lowest BCUT2D eigenvalue weighted by atomic mass is 9.83. The molecule has 1 amide bonds. The third-order valence-electron chi connectivity index (χ3n) is 4.59. The van der Waals surface area contributed by atoms with Crippen molar-refractivity contribution in [2.75, 3.05) is 6.61 Å². The lowest BCUT2D eigenvalue weighted by Gasteiger charge is -2.31. The number of carbonyl (C=O) groups excluding carboxylic acids is 2. The number of carbonyl (C=O) groups is 2. The second kappa shape index (κ2) is 9.00. The van der Waals surface area contributed by atoms with Crippen LogP contribution in [0.5, 0.6) is 0 Å². The van der Waals surface area contributed by atoms with Gasteiger partial charge in [-0.25, -0.2) is 4.79 Å². The molecule has 25 heavy (non-hydrogen) atoms. The van der Waals surface area contributed by atoms with Gasteiger partial charge in [0.15, 0.2) is 6.61 Å². The lowest BCUT2D eigenvalue weighted by molar-refractivity contribution is -0.125. The van der Waals surface area contributed by atoms with Crippen molar-refractivity contribution in [1.29, 1.82) is 5.26 Å². The highest BCUT2D eigenvalue weighted by Gasteiger charge is 2.33. The van der Waals surface area contributed by atoms with Gasteiger partial charge in [-0.05, 0) is 37.3 Å². The molecule has 1 heterocycles. The maximum absolute atomic E-state index is 12.2. The fraction of sp³-hybridized carbons (Fsp3) is 0.632. The van der Waals surface area contributed by atoms with E-state index in [4.69, 9.17) is 4.74 Å². The van der Waals surface area contributed by atoms with Gasteiger partial charge in [-0.1, -0.05) is 39.5 Å². The van der Waals surface area contributed by atoms with E-state index in [1.165, 1.54) is 21.8 Å². The molecule has 1 saturated carbocycles. The standard InChI is InChI=1S/C19H26N2O3S/c1-3-8-15-14(4-2)11-16(25-15)18(23)24-12-17(22)21-19(13-20)9-6-5-7-10-19/h11H,3-10,12H2,1-2H3,(H,21,22). The van der Waals surface area contributed by atoms with Crippen LogP contribution in [0.3, 0.4) is 0 Å². The Morgan fingerprint density at radius 3 is 2.64 bits per heavy atom. The van der Waals surface area contributed by atoms with E-state index < -0.39 is 17.4 Å². The second-order valence-electron chi connectivity index (χ2n) is 6.54. The smallest absolute Gasteiger partial charge is 0.348 e. The van der Waals surface area contributed by atoms with E-state index >= 15 is 0 Å².